The van der Waals surface area contributed by atoms with Gasteiger partial charge in [-0.1, -0.05) is 11.8 Å². The molecule has 28 heavy (non-hydrogen) atoms. The van der Waals surface area contributed by atoms with Crippen molar-refractivity contribution in [2.45, 2.75) is 50.9 Å². The van der Waals surface area contributed by atoms with Crippen LogP contribution in [0.25, 0.3) is 0 Å². The van der Waals surface area contributed by atoms with Crippen molar-refractivity contribution < 1.29 is 19.1 Å². The number of nitrogens with one attached hydrogen (secondary N) is 1. The predicted molar refractivity (Wildman–Crippen MR) is 111 cm³/mol. The highest BCUT2D eigenvalue weighted by molar-refractivity contribution is 8.16. The Morgan fingerprint density at radius 1 is 1.39 bits per heavy atom. The van der Waals surface area contributed by atoms with E-state index in [1.54, 1.807) is 30.1 Å². The molecule has 0 bridgehead atoms. The Hall–Kier alpha value is -1.71. The molecular weight excluding hydrogens is 398 g/mol. The number of thioether (sulfide) groups is 1. The molecule has 2 unspecified atom stereocenters. The molecule has 3 rings (SSSR count). The van der Waals surface area contributed by atoms with Crippen LogP contribution >= 0.6 is 23.1 Å². The van der Waals surface area contributed by atoms with Gasteiger partial charge in [-0.2, -0.15) is 0 Å². The van der Waals surface area contributed by atoms with Gasteiger partial charge in [0.1, 0.15) is 5.04 Å². The van der Waals surface area contributed by atoms with Gasteiger partial charge >= 0.3 is 6.09 Å². The minimum Gasteiger partial charge on any atom is -0.450 e. The Bertz CT molecular complexity index is 790. The molecule has 1 saturated heterocycles. The molecule has 152 valence electrons. The van der Waals surface area contributed by atoms with E-state index in [4.69, 9.17) is 4.74 Å². The van der Waals surface area contributed by atoms with E-state index in [1.807, 2.05) is 0 Å². The summed E-state index contributed by atoms with van der Waals surface area (Å²) >= 11 is 2.90. The summed E-state index contributed by atoms with van der Waals surface area (Å²) in [5.74, 6) is -0.618. The predicted octanol–water partition coefficient (Wildman–Crippen LogP) is 2.74. The van der Waals surface area contributed by atoms with Gasteiger partial charge in [-0.15, -0.1) is 11.3 Å². The summed E-state index contributed by atoms with van der Waals surface area (Å²) in [7, 11) is 0. The van der Waals surface area contributed by atoms with Crippen LogP contribution in [-0.2, 0) is 16.0 Å². The van der Waals surface area contributed by atoms with Crippen molar-refractivity contribution in [2.24, 2.45) is 4.99 Å². The van der Waals surface area contributed by atoms with Crippen LogP contribution in [0, 0.1) is 0 Å². The topological polar surface area (TPSA) is 88.1 Å². The highest BCUT2D eigenvalue weighted by atomic mass is 32.2. The van der Waals surface area contributed by atoms with Crippen LogP contribution in [0.1, 0.15) is 42.4 Å². The van der Waals surface area contributed by atoms with E-state index in [1.165, 1.54) is 11.3 Å². The largest absolute Gasteiger partial charge is 0.450 e. The van der Waals surface area contributed by atoms with E-state index in [2.05, 4.69) is 29.1 Å². The molecule has 1 fully saturated rings. The highest BCUT2D eigenvalue weighted by Crippen LogP contribution is 2.34. The first kappa shape index (κ1) is 21.0. The van der Waals surface area contributed by atoms with Crippen LogP contribution in [0.3, 0.4) is 0 Å². The molecule has 0 saturated carbocycles. The number of ketones is 1. The lowest BCUT2D eigenvalue weighted by Crippen LogP contribution is -2.46. The lowest BCUT2D eigenvalue weighted by molar-refractivity contribution is -0.112. The number of ether oxygens (including phenoxy) is 1. The summed E-state index contributed by atoms with van der Waals surface area (Å²) in [6.45, 7) is 8.12. The number of thiophene rings is 1. The fourth-order valence-corrected chi connectivity index (χ4v) is 5.44. The van der Waals surface area contributed by atoms with Crippen molar-refractivity contribution >= 4 is 45.9 Å². The Morgan fingerprint density at radius 2 is 2.18 bits per heavy atom. The molecule has 0 radical (unpaired) electrons. The SMILES string of the molecule is CCOC(=O)NC(=O)c1ccsc1CC(=O)C1=NC2CN(C(C)C)CCC2S1. The smallest absolute Gasteiger partial charge is 0.414 e. The second-order valence-electron chi connectivity index (χ2n) is 7.07. The number of fused-ring (bicyclic) bond motifs is 1. The van der Waals surface area contributed by atoms with Crippen molar-refractivity contribution in [3.63, 3.8) is 0 Å². The monoisotopic (exact) mass is 423 g/mol. The normalized spacial score (nSPS) is 21.9. The average Bonchev–Trinajstić information content (AvgIpc) is 3.27. The van der Waals surface area contributed by atoms with Crippen molar-refractivity contribution in [1.29, 1.82) is 0 Å². The van der Waals surface area contributed by atoms with Crippen molar-refractivity contribution in [3.8, 4) is 0 Å². The summed E-state index contributed by atoms with van der Waals surface area (Å²) < 4.78 is 4.73. The van der Waals surface area contributed by atoms with E-state index in [0.29, 0.717) is 26.8 Å². The zero-order chi connectivity index (χ0) is 20.3. The van der Waals surface area contributed by atoms with Crippen molar-refractivity contribution in [1.82, 2.24) is 10.2 Å². The molecule has 2 atom stereocenters. The molecule has 0 aliphatic carbocycles. The average molecular weight is 424 g/mol. The number of Topliss-reactive ketones (excluding diaryl/α,β-unsaturated/α-hetero) is 1. The number of piperidine rings is 1. The number of hydrogen-bond donors (Lipinski definition) is 1. The zero-order valence-corrected chi connectivity index (χ0v) is 17.9. The Balaban J connectivity index is 1.63. The maximum absolute atomic E-state index is 12.8. The third kappa shape index (κ3) is 4.82. The molecule has 2 amide bonds. The van der Waals surface area contributed by atoms with E-state index in [9.17, 15) is 14.4 Å². The molecule has 2 aliphatic heterocycles. The number of aliphatic imine (C=N–C) groups is 1. The first-order valence-electron chi connectivity index (χ1n) is 9.45. The van der Waals surface area contributed by atoms with Crippen LogP contribution in [0.4, 0.5) is 4.79 Å². The summed E-state index contributed by atoms with van der Waals surface area (Å²) in [4.78, 5) is 44.2. The van der Waals surface area contributed by atoms with Gasteiger partial charge in [-0.05, 0) is 45.2 Å². The lowest BCUT2D eigenvalue weighted by Gasteiger charge is -2.35. The van der Waals surface area contributed by atoms with E-state index in [-0.39, 0.29) is 24.9 Å². The Kier molecular flexibility index (Phi) is 6.90. The van der Waals surface area contributed by atoms with Gasteiger partial charge in [0, 0.05) is 29.1 Å². The molecule has 0 aromatic carbocycles. The van der Waals surface area contributed by atoms with Gasteiger partial charge in [0.25, 0.3) is 5.91 Å². The summed E-state index contributed by atoms with van der Waals surface area (Å²) in [5.41, 5.74) is 0.332. The second kappa shape index (κ2) is 9.19. The lowest BCUT2D eigenvalue weighted by atomic mass is 10.0. The molecule has 0 spiro atoms. The molecule has 9 heteroatoms. The number of carbonyl (C=O) groups is 3. The van der Waals surface area contributed by atoms with Crippen LogP contribution in [-0.4, -0.2) is 64.8 Å². The fourth-order valence-electron chi connectivity index (χ4n) is 3.36. The van der Waals surface area contributed by atoms with Crippen LogP contribution < -0.4 is 5.32 Å². The first-order chi connectivity index (χ1) is 13.4. The molecule has 1 aromatic heterocycles. The van der Waals surface area contributed by atoms with Crippen molar-refractivity contribution in [2.75, 3.05) is 19.7 Å². The third-order valence-electron chi connectivity index (χ3n) is 4.87. The standard InChI is InChI=1S/C19H25N3O4S2/c1-4-26-19(25)21-17(24)12-6-8-27-16(12)9-14(23)18-20-13-10-22(11(2)3)7-5-15(13)28-18/h6,8,11,13,15H,4-5,7,9-10H2,1-3H3,(H,21,24,25). The quantitative estimate of drug-likeness (QED) is 0.757. The van der Waals surface area contributed by atoms with E-state index < -0.39 is 12.0 Å². The number of rotatable bonds is 6. The Labute approximate surface area is 172 Å². The van der Waals surface area contributed by atoms with Gasteiger partial charge in [-0.3, -0.25) is 24.8 Å². The summed E-state index contributed by atoms with van der Waals surface area (Å²) in [5, 5.41) is 4.85. The summed E-state index contributed by atoms with van der Waals surface area (Å²) in [6.07, 6.45) is 0.355. The number of carbonyl (C=O) groups excluding carboxylic acids is 3. The van der Waals surface area contributed by atoms with Gasteiger partial charge in [0.2, 0.25) is 0 Å². The van der Waals surface area contributed by atoms with E-state index >= 15 is 0 Å². The number of amides is 2. The number of hydrogen-bond acceptors (Lipinski definition) is 8. The molecule has 2 aliphatic rings. The molecule has 1 N–H and O–H groups in total. The molecule has 3 heterocycles. The van der Waals surface area contributed by atoms with E-state index in [0.717, 1.165) is 19.5 Å². The number of imide groups is 1. The second-order valence-corrected chi connectivity index (χ2v) is 9.30. The minimum atomic E-state index is -0.787. The maximum atomic E-state index is 12.8. The maximum Gasteiger partial charge on any atom is 0.414 e. The minimum absolute atomic E-state index is 0.0665. The third-order valence-corrected chi connectivity index (χ3v) is 7.20. The van der Waals surface area contributed by atoms with Gasteiger partial charge in [0.15, 0.2) is 5.78 Å². The number of alkyl carbamates (subject to hydrolysis) is 1. The number of nitrogens with zero attached hydrogens (tertiary/aromatic N) is 2. The molecule has 1 aromatic rings. The van der Waals surface area contributed by atoms with Gasteiger partial charge < -0.3 is 4.74 Å². The van der Waals surface area contributed by atoms with Gasteiger partial charge in [-0.25, -0.2) is 4.79 Å². The fraction of sp³-hybridized carbons (Fsp3) is 0.579. The highest BCUT2D eigenvalue weighted by Gasteiger charge is 2.38. The molecular formula is C19H25N3O4S2. The Morgan fingerprint density at radius 3 is 2.89 bits per heavy atom. The van der Waals surface area contributed by atoms with Crippen LogP contribution in [0.5, 0.6) is 0 Å². The number of likely N-dealkylation sites (tertiary alicyclic amines) is 1. The molecule has 7 nitrogen and oxygen atoms in total. The van der Waals surface area contributed by atoms with Crippen molar-refractivity contribution in [3.05, 3.63) is 21.9 Å². The van der Waals surface area contributed by atoms with Crippen LogP contribution in [0.2, 0.25) is 0 Å². The zero-order valence-electron chi connectivity index (χ0n) is 16.3. The summed E-state index contributed by atoms with van der Waals surface area (Å²) in [6, 6.07) is 2.26. The first-order valence-corrected chi connectivity index (χ1v) is 11.2. The van der Waals surface area contributed by atoms with Crippen LogP contribution in [0.15, 0.2) is 16.4 Å². The van der Waals surface area contributed by atoms with Gasteiger partial charge in [0.05, 0.1) is 18.2 Å².